The van der Waals surface area contributed by atoms with Gasteiger partial charge in [-0.1, -0.05) is 0 Å². The third-order valence-electron chi connectivity index (χ3n) is 5.67. The smallest absolute Gasteiger partial charge is 0.410 e. The van der Waals surface area contributed by atoms with Crippen molar-refractivity contribution in [2.24, 2.45) is 0 Å². The number of aromatic nitrogens is 4. The molecule has 0 N–H and O–H groups in total. The molecule has 2 fully saturated rings. The molecule has 9 nitrogen and oxygen atoms in total. The summed E-state index contributed by atoms with van der Waals surface area (Å²) >= 11 is 0. The molecule has 0 radical (unpaired) electrons. The fourth-order valence-corrected chi connectivity index (χ4v) is 4.00. The SMILES string of the molecule is Cc1nnnn1-c1ccc(C(=O)N(C2CC2)C2CCN(C(=O)OC(C)(C)C)CC2)cc1. The summed E-state index contributed by atoms with van der Waals surface area (Å²) in [6, 6.07) is 7.85. The molecule has 1 aliphatic heterocycles. The Morgan fingerprint density at radius 3 is 2.16 bits per heavy atom. The van der Waals surface area contributed by atoms with Crippen LogP contribution in [0.4, 0.5) is 4.79 Å². The highest BCUT2D eigenvalue weighted by Gasteiger charge is 2.39. The number of rotatable bonds is 4. The summed E-state index contributed by atoms with van der Waals surface area (Å²) in [6.45, 7) is 8.66. The highest BCUT2D eigenvalue weighted by Crippen LogP contribution is 2.33. The van der Waals surface area contributed by atoms with Crippen LogP contribution in [0.15, 0.2) is 24.3 Å². The van der Waals surface area contributed by atoms with Crippen LogP contribution in [0.2, 0.25) is 0 Å². The molecule has 9 heteroatoms. The van der Waals surface area contributed by atoms with Crippen molar-refractivity contribution in [1.29, 1.82) is 0 Å². The predicted octanol–water partition coefficient (Wildman–Crippen LogP) is 2.97. The maximum absolute atomic E-state index is 13.4. The number of carbonyl (C=O) groups excluding carboxylic acids is 2. The molecule has 31 heavy (non-hydrogen) atoms. The van der Waals surface area contributed by atoms with E-state index in [4.69, 9.17) is 4.74 Å². The number of piperidine rings is 1. The number of nitrogens with zero attached hydrogens (tertiary/aromatic N) is 6. The first-order valence-corrected chi connectivity index (χ1v) is 10.9. The van der Waals surface area contributed by atoms with Gasteiger partial charge in [-0.2, -0.15) is 4.68 Å². The van der Waals surface area contributed by atoms with Crippen molar-refractivity contribution in [3.63, 3.8) is 0 Å². The second kappa shape index (κ2) is 8.28. The van der Waals surface area contributed by atoms with E-state index in [-0.39, 0.29) is 18.0 Å². The summed E-state index contributed by atoms with van der Waals surface area (Å²) in [4.78, 5) is 29.5. The number of carbonyl (C=O) groups is 2. The van der Waals surface area contributed by atoms with Crippen molar-refractivity contribution in [1.82, 2.24) is 30.0 Å². The molecule has 2 aromatic rings. The Bertz CT molecular complexity index is 937. The molecular weight excluding hydrogens is 396 g/mol. The largest absolute Gasteiger partial charge is 0.444 e. The summed E-state index contributed by atoms with van der Waals surface area (Å²) in [5.41, 5.74) is 0.982. The number of benzene rings is 1. The summed E-state index contributed by atoms with van der Waals surface area (Å²) in [5.74, 6) is 0.744. The van der Waals surface area contributed by atoms with Crippen molar-refractivity contribution < 1.29 is 14.3 Å². The minimum Gasteiger partial charge on any atom is -0.444 e. The van der Waals surface area contributed by atoms with Gasteiger partial charge in [-0.15, -0.1) is 5.10 Å². The van der Waals surface area contributed by atoms with Gasteiger partial charge in [-0.25, -0.2) is 4.79 Å². The summed E-state index contributed by atoms with van der Waals surface area (Å²) < 4.78 is 7.13. The van der Waals surface area contributed by atoms with Gasteiger partial charge in [0.1, 0.15) is 5.60 Å². The fraction of sp³-hybridized carbons (Fsp3) is 0.591. The normalized spacial score (nSPS) is 17.5. The molecule has 2 amide bonds. The lowest BCUT2D eigenvalue weighted by molar-refractivity contribution is 0.0142. The number of amides is 2. The number of ether oxygens (including phenoxy) is 1. The Morgan fingerprint density at radius 1 is 1.03 bits per heavy atom. The average Bonchev–Trinajstić information content (AvgIpc) is 3.47. The van der Waals surface area contributed by atoms with Crippen molar-refractivity contribution in [3.05, 3.63) is 35.7 Å². The minimum atomic E-state index is -0.503. The number of likely N-dealkylation sites (tertiary alicyclic amines) is 1. The molecule has 1 aromatic heterocycles. The molecule has 0 spiro atoms. The van der Waals surface area contributed by atoms with Gasteiger partial charge in [0.2, 0.25) is 0 Å². The molecule has 166 valence electrons. The Labute approximate surface area is 182 Å². The summed E-state index contributed by atoms with van der Waals surface area (Å²) in [5, 5.41) is 11.5. The van der Waals surface area contributed by atoms with Crippen LogP contribution in [0.1, 0.15) is 62.6 Å². The molecule has 0 unspecified atom stereocenters. The van der Waals surface area contributed by atoms with Crippen LogP contribution in [0.3, 0.4) is 0 Å². The standard InChI is InChI=1S/C22H30N6O3/c1-15-23-24-25-28(15)19-7-5-16(6-8-19)20(29)27(17-9-10-17)18-11-13-26(14-12-18)21(30)31-22(2,3)4/h5-8,17-18H,9-14H2,1-4H3. The summed E-state index contributed by atoms with van der Waals surface area (Å²) in [7, 11) is 0. The highest BCUT2D eigenvalue weighted by atomic mass is 16.6. The van der Waals surface area contributed by atoms with E-state index >= 15 is 0 Å². The molecule has 1 aromatic carbocycles. The second-order valence-electron chi connectivity index (χ2n) is 9.33. The van der Waals surface area contributed by atoms with Gasteiger partial charge in [0.25, 0.3) is 5.91 Å². The zero-order valence-electron chi connectivity index (χ0n) is 18.6. The van der Waals surface area contributed by atoms with Crippen molar-refractivity contribution >= 4 is 12.0 Å². The number of tetrazole rings is 1. The molecule has 0 atom stereocenters. The topological polar surface area (TPSA) is 93.5 Å². The number of aryl methyl sites for hydroxylation is 1. The second-order valence-corrected chi connectivity index (χ2v) is 9.33. The maximum atomic E-state index is 13.4. The molecule has 1 saturated carbocycles. The van der Waals surface area contributed by atoms with Crippen LogP contribution < -0.4 is 0 Å². The van der Waals surface area contributed by atoms with Crippen LogP contribution in [-0.2, 0) is 4.74 Å². The first-order chi connectivity index (χ1) is 14.7. The van der Waals surface area contributed by atoms with Gasteiger partial charge in [-0.3, -0.25) is 4.79 Å². The molecule has 4 rings (SSSR count). The molecule has 1 aliphatic carbocycles. The molecular formula is C22H30N6O3. The Hall–Kier alpha value is -2.97. The third kappa shape index (κ3) is 4.86. The number of hydrogen-bond donors (Lipinski definition) is 0. The predicted molar refractivity (Wildman–Crippen MR) is 114 cm³/mol. The van der Waals surface area contributed by atoms with Crippen LogP contribution in [0.25, 0.3) is 5.69 Å². The Morgan fingerprint density at radius 2 is 1.65 bits per heavy atom. The lowest BCUT2D eigenvalue weighted by atomic mass is 10.0. The highest BCUT2D eigenvalue weighted by molar-refractivity contribution is 5.95. The lowest BCUT2D eigenvalue weighted by Gasteiger charge is -2.39. The first kappa shape index (κ1) is 21.3. The van der Waals surface area contributed by atoms with E-state index in [1.165, 1.54) is 0 Å². The van der Waals surface area contributed by atoms with E-state index in [0.717, 1.165) is 31.4 Å². The van der Waals surface area contributed by atoms with Crippen LogP contribution in [0, 0.1) is 6.92 Å². The van der Waals surface area contributed by atoms with E-state index in [1.807, 2.05) is 56.9 Å². The van der Waals surface area contributed by atoms with Crippen molar-refractivity contribution in [2.45, 2.75) is 71.1 Å². The Balaban J connectivity index is 1.42. The van der Waals surface area contributed by atoms with E-state index in [1.54, 1.807) is 9.58 Å². The van der Waals surface area contributed by atoms with Crippen molar-refractivity contribution in [2.75, 3.05) is 13.1 Å². The minimum absolute atomic E-state index is 0.0539. The van der Waals surface area contributed by atoms with Crippen LogP contribution >= 0.6 is 0 Å². The first-order valence-electron chi connectivity index (χ1n) is 10.9. The average molecular weight is 427 g/mol. The van der Waals surface area contributed by atoms with E-state index in [9.17, 15) is 9.59 Å². The maximum Gasteiger partial charge on any atom is 0.410 e. The number of hydrogen-bond acceptors (Lipinski definition) is 6. The zero-order chi connectivity index (χ0) is 22.2. The van der Waals surface area contributed by atoms with E-state index < -0.39 is 5.60 Å². The van der Waals surface area contributed by atoms with Gasteiger partial charge in [0, 0.05) is 30.7 Å². The lowest BCUT2D eigenvalue weighted by Crippen LogP contribution is -2.50. The van der Waals surface area contributed by atoms with Gasteiger partial charge in [0.05, 0.1) is 5.69 Å². The van der Waals surface area contributed by atoms with Crippen molar-refractivity contribution in [3.8, 4) is 5.69 Å². The zero-order valence-corrected chi connectivity index (χ0v) is 18.6. The third-order valence-corrected chi connectivity index (χ3v) is 5.67. The van der Waals surface area contributed by atoms with Crippen LogP contribution in [0.5, 0.6) is 0 Å². The summed E-state index contributed by atoms with van der Waals surface area (Å²) in [6.07, 6.45) is 3.34. The van der Waals surface area contributed by atoms with Gasteiger partial charge in [-0.05, 0) is 88.1 Å². The van der Waals surface area contributed by atoms with E-state index in [0.29, 0.717) is 30.5 Å². The molecule has 1 saturated heterocycles. The monoisotopic (exact) mass is 426 g/mol. The van der Waals surface area contributed by atoms with Crippen LogP contribution in [-0.4, -0.2) is 72.8 Å². The quantitative estimate of drug-likeness (QED) is 0.746. The van der Waals surface area contributed by atoms with Gasteiger partial charge in [0.15, 0.2) is 5.82 Å². The molecule has 0 bridgehead atoms. The fourth-order valence-electron chi connectivity index (χ4n) is 4.00. The molecule has 2 aliphatic rings. The molecule has 2 heterocycles. The Kier molecular flexibility index (Phi) is 5.68. The van der Waals surface area contributed by atoms with Gasteiger partial charge < -0.3 is 14.5 Å². The van der Waals surface area contributed by atoms with Gasteiger partial charge >= 0.3 is 6.09 Å². The van der Waals surface area contributed by atoms with E-state index in [2.05, 4.69) is 15.5 Å².